The molecule has 0 spiro atoms. The lowest BCUT2D eigenvalue weighted by molar-refractivity contribution is 0.0783. The van der Waals surface area contributed by atoms with Gasteiger partial charge in [0.05, 0.1) is 36.7 Å². The van der Waals surface area contributed by atoms with Crippen LogP contribution in [0.5, 0.6) is 11.5 Å². The van der Waals surface area contributed by atoms with Crippen LogP contribution in [0.2, 0.25) is 0 Å². The molecule has 8 nitrogen and oxygen atoms in total. The van der Waals surface area contributed by atoms with Crippen LogP contribution in [0.25, 0.3) is 22.3 Å². The maximum atomic E-state index is 13.6. The number of nitriles is 1. The van der Waals surface area contributed by atoms with E-state index in [-0.39, 0.29) is 17.3 Å². The van der Waals surface area contributed by atoms with Gasteiger partial charge in [-0.15, -0.1) is 0 Å². The fourth-order valence-electron chi connectivity index (χ4n) is 5.84. The van der Waals surface area contributed by atoms with Gasteiger partial charge in [0.2, 0.25) is 0 Å². The zero-order valence-electron chi connectivity index (χ0n) is 27.3. The summed E-state index contributed by atoms with van der Waals surface area (Å²) < 4.78 is 17.2. The summed E-state index contributed by atoms with van der Waals surface area (Å²) in [6, 6.07) is 22.9. The van der Waals surface area contributed by atoms with E-state index in [1.54, 1.807) is 51.3 Å². The van der Waals surface area contributed by atoms with Crippen molar-refractivity contribution in [1.82, 2.24) is 9.80 Å². The fraction of sp³-hybridized carbons (Fsp3) is 0.378. The molecule has 0 aliphatic carbocycles. The second-order valence-electron chi connectivity index (χ2n) is 11.9. The van der Waals surface area contributed by atoms with Crippen molar-refractivity contribution in [3.05, 3.63) is 93.6 Å². The molecule has 1 amide bonds. The largest absolute Gasteiger partial charge is 0.493 e. The van der Waals surface area contributed by atoms with Gasteiger partial charge in [-0.1, -0.05) is 56.3 Å². The van der Waals surface area contributed by atoms with Crippen molar-refractivity contribution in [2.45, 2.75) is 39.0 Å². The highest BCUT2D eigenvalue weighted by atomic mass is 16.5. The Labute approximate surface area is 265 Å². The molecule has 0 bridgehead atoms. The maximum absolute atomic E-state index is 13.6. The topological polar surface area (TPSA) is 96.0 Å². The molecule has 0 saturated heterocycles. The highest BCUT2D eigenvalue weighted by Gasteiger charge is 2.36. The van der Waals surface area contributed by atoms with Crippen LogP contribution in [0.1, 0.15) is 48.2 Å². The molecular weight excluding hydrogens is 566 g/mol. The van der Waals surface area contributed by atoms with E-state index >= 15 is 0 Å². The number of ether oxygens (including phenoxy) is 2. The van der Waals surface area contributed by atoms with E-state index in [0.717, 1.165) is 24.1 Å². The number of hydrogen-bond donors (Lipinski definition) is 0. The summed E-state index contributed by atoms with van der Waals surface area (Å²) >= 11 is 0. The van der Waals surface area contributed by atoms with Crippen molar-refractivity contribution in [1.29, 1.82) is 5.26 Å². The van der Waals surface area contributed by atoms with E-state index in [9.17, 15) is 14.9 Å². The van der Waals surface area contributed by atoms with Crippen LogP contribution in [-0.4, -0.2) is 63.7 Å². The van der Waals surface area contributed by atoms with Gasteiger partial charge in [-0.2, -0.15) is 5.26 Å². The summed E-state index contributed by atoms with van der Waals surface area (Å²) in [6.45, 7) is 7.78. The average Bonchev–Trinajstić information content (AvgIpc) is 3.06. The third-order valence-electron chi connectivity index (χ3n) is 8.77. The summed E-state index contributed by atoms with van der Waals surface area (Å²) in [7, 11) is 6.97. The van der Waals surface area contributed by atoms with Gasteiger partial charge in [0, 0.05) is 31.3 Å². The highest BCUT2D eigenvalue weighted by molar-refractivity contribution is 6.05. The summed E-state index contributed by atoms with van der Waals surface area (Å²) in [5.41, 5.74) is 2.05. The van der Waals surface area contributed by atoms with E-state index in [0.29, 0.717) is 58.9 Å². The van der Waals surface area contributed by atoms with Crippen molar-refractivity contribution < 1.29 is 18.7 Å². The number of para-hydroxylation sites is 1. The average molecular weight is 610 g/mol. The summed E-state index contributed by atoms with van der Waals surface area (Å²) in [5, 5.41) is 10.8. The molecule has 3 aromatic carbocycles. The molecular formula is C37H43N3O5. The zero-order chi connectivity index (χ0) is 32.7. The first kappa shape index (κ1) is 33.3. The van der Waals surface area contributed by atoms with Gasteiger partial charge in [0.1, 0.15) is 5.76 Å². The number of carbonyl (C=O) groups is 1. The van der Waals surface area contributed by atoms with Crippen molar-refractivity contribution in [3.63, 3.8) is 0 Å². The third-order valence-corrected chi connectivity index (χ3v) is 8.77. The smallest absolute Gasteiger partial charge is 0.257 e. The SMILES string of the molecule is COc1ccc(C(C#N)(CCCN(C)CCN(C)C(=O)c2cccc3c(=O)c(C)c(-c4ccccc4)oc23)C(C)C)cc1OC. The van der Waals surface area contributed by atoms with Gasteiger partial charge < -0.3 is 23.7 Å². The van der Waals surface area contributed by atoms with Crippen molar-refractivity contribution in [3.8, 4) is 28.9 Å². The Balaban J connectivity index is 1.44. The van der Waals surface area contributed by atoms with Crippen LogP contribution in [0.4, 0.5) is 0 Å². The summed E-state index contributed by atoms with van der Waals surface area (Å²) in [4.78, 5) is 30.7. The van der Waals surface area contributed by atoms with Gasteiger partial charge in [0.25, 0.3) is 5.91 Å². The number of rotatable bonds is 13. The van der Waals surface area contributed by atoms with Gasteiger partial charge in [-0.3, -0.25) is 9.59 Å². The first-order valence-electron chi connectivity index (χ1n) is 15.3. The molecule has 1 atom stereocenters. The summed E-state index contributed by atoms with van der Waals surface area (Å²) in [6.07, 6.45) is 1.47. The quantitative estimate of drug-likeness (QED) is 0.167. The molecule has 236 valence electrons. The number of amides is 1. The third kappa shape index (κ3) is 6.89. The van der Waals surface area contributed by atoms with E-state index in [1.807, 2.05) is 55.6 Å². The van der Waals surface area contributed by atoms with Crippen LogP contribution in [0.3, 0.4) is 0 Å². The molecule has 0 radical (unpaired) electrons. The van der Waals surface area contributed by atoms with E-state index in [4.69, 9.17) is 13.9 Å². The molecule has 0 fully saturated rings. The minimum absolute atomic E-state index is 0.0848. The van der Waals surface area contributed by atoms with Gasteiger partial charge in [-0.05, 0) is 69.1 Å². The molecule has 0 aliphatic rings. The number of fused-ring (bicyclic) bond motifs is 1. The lowest BCUT2D eigenvalue weighted by Gasteiger charge is -2.32. The Bertz CT molecular complexity index is 1740. The Morgan fingerprint density at radius 2 is 1.67 bits per heavy atom. The number of nitrogens with zero attached hydrogens (tertiary/aromatic N) is 3. The monoisotopic (exact) mass is 609 g/mol. The van der Waals surface area contributed by atoms with Crippen LogP contribution in [-0.2, 0) is 5.41 Å². The molecule has 45 heavy (non-hydrogen) atoms. The Morgan fingerprint density at radius 1 is 0.956 bits per heavy atom. The molecule has 0 aliphatic heterocycles. The highest BCUT2D eigenvalue weighted by Crippen LogP contribution is 2.40. The molecule has 1 aromatic heterocycles. The Morgan fingerprint density at radius 3 is 2.31 bits per heavy atom. The van der Waals surface area contributed by atoms with E-state index in [1.165, 1.54) is 0 Å². The lowest BCUT2D eigenvalue weighted by Crippen LogP contribution is -2.36. The predicted octanol–water partition coefficient (Wildman–Crippen LogP) is 6.69. The standard InChI is InChI=1S/C37H43N3O5/c1-25(2)37(24-38,28-17-18-31(43-6)32(23-28)44-7)19-12-20-39(4)21-22-40(5)36(42)30-16-11-15-29-33(41)26(3)34(45-35(29)30)27-13-9-8-10-14-27/h8-11,13-18,23,25H,12,19-22H2,1-7H3. The van der Waals surface area contributed by atoms with E-state index < -0.39 is 5.41 Å². The summed E-state index contributed by atoms with van der Waals surface area (Å²) in [5.74, 6) is 1.58. The van der Waals surface area contributed by atoms with Crippen molar-refractivity contribution in [2.24, 2.45) is 5.92 Å². The normalized spacial score (nSPS) is 12.6. The number of carbonyl (C=O) groups excluding carboxylic acids is 1. The minimum Gasteiger partial charge on any atom is -0.493 e. The molecule has 8 heteroatoms. The van der Waals surface area contributed by atoms with Crippen LogP contribution in [0, 0.1) is 24.2 Å². The number of hydrogen-bond acceptors (Lipinski definition) is 7. The fourth-order valence-corrected chi connectivity index (χ4v) is 5.84. The van der Waals surface area contributed by atoms with Crippen molar-refractivity contribution in [2.75, 3.05) is 47.9 Å². The predicted molar refractivity (Wildman–Crippen MR) is 178 cm³/mol. The lowest BCUT2D eigenvalue weighted by atomic mass is 9.69. The van der Waals surface area contributed by atoms with Gasteiger partial charge in [0.15, 0.2) is 22.5 Å². The molecule has 0 saturated carbocycles. The minimum atomic E-state index is -0.678. The molecule has 4 rings (SSSR count). The maximum Gasteiger partial charge on any atom is 0.257 e. The van der Waals surface area contributed by atoms with Crippen LogP contribution < -0.4 is 14.9 Å². The van der Waals surface area contributed by atoms with Gasteiger partial charge >= 0.3 is 0 Å². The molecule has 1 heterocycles. The zero-order valence-corrected chi connectivity index (χ0v) is 27.3. The van der Waals surface area contributed by atoms with Crippen LogP contribution >= 0.6 is 0 Å². The first-order valence-corrected chi connectivity index (χ1v) is 15.3. The number of benzene rings is 3. The number of methoxy groups -OCH3 is 2. The molecule has 0 N–H and O–H groups in total. The molecule has 4 aromatic rings. The first-order chi connectivity index (χ1) is 21.6. The Kier molecular flexibility index (Phi) is 10.7. The van der Waals surface area contributed by atoms with Crippen LogP contribution in [0.15, 0.2) is 75.9 Å². The number of likely N-dealkylation sites (N-methyl/N-ethyl adjacent to an activating group) is 2. The Hall–Kier alpha value is -4.61. The van der Waals surface area contributed by atoms with Gasteiger partial charge in [-0.25, -0.2) is 0 Å². The van der Waals surface area contributed by atoms with Crippen molar-refractivity contribution >= 4 is 16.9 Å². The second kappa shape index (κ2) is 14.4. The second-order valence-corrected chi connectivity index (χ2v) is 11.9. The molecule has 1 unspecified atom stereocenters. The van der Waals surface area contributed by atoms with E-state index in [2.05, 4.69) is 24.8 Å².